The zero-order valence-corrected chi connectivity index (χ0v) is 17.5. The van der Waals surface area contributed by atoms with E-state index in [1.54, 1.807) is 17.8 Å². The summed E-state index contributed by atoms with van der Waals surface area (Å²) in [5.74, 6) is 3.21. The summed E-state index contributed by atoms with van der Waals surface area (Å²) in [7, 11) is 0. The van der Waals surface area contributed by atoms with Crippen LogP contribution in [0.25, 0.3) is 0 Å². The van der Waals surface area contributed by atoms with Gasteiger partial charge in [-0.3, -0.25) is 4.99 Å². The van der Waals surface area contributed by atoms with Crippen LogP contribution in [0.5, 0.6) is 0 Å². The minimum atomic E-state index is -0.254. The Balaban J connectivity index is 1.21. The van der Waals surface area contributed by atoms with Gasteiger partial charge in [-0.25, -0.2) is 9.37 Å². The smallest absolute Gasteiger partial charge is 0.191 e. The van der Waals surface area contributed by atoms with E-state index < -0.39 is 0 Å². The number of aliphatic imine (C=N–C) groups is 1. The van der Waals surface area contributed by atoms with Gasteiger partial charge in [0.05, 0.1) is 0 Å². The molecule has 2 aliphatic carbocycles. The maximum absolute atomic E-state index is 14.1. The molecule has 6 heteroatoms. The number of halogens is 1. The van der Waals surface area contributed by atoms with E-state index in [0.717, 1.165) is 44.5 Å². The van der Waals surface area contributed by atoms with Gasteiger partial charge < -0.3 is 15.5 Å². The Morgan fingerprint density at radius 1 is 1.23 bits per heavy atom. The molecule has 4 unspecified atom stereocenters. The molecule has 0 spiro atoms. The minimum Gasteiger partial charge on any atom is -0.357 e. The highest BCUT2D eigenvalue weighted by Gasteiger charge is 2.52. The summed E-state index contributed by atoms with van der Waals surface area (Å²) >= 11 is 0. The Bertz CT molecular complexity index is 929. The molecule has 1 aromatic heterocycles. The first-order valence-electron chi connectivity index (χ1n) is 11.2. The van der Waals surface area contributed by atoms with Crippen LogP contribution < -0.4 is 15.5 Å². The second-order valence-corrected chi connectivity index (χ2v) is 8.70. The van der Waals surface area contributed by atoms with Crippen molar-refractivity contribution in [3.05, 3.63) is 59.5 Å². The van der Waals surface area contributed by atoms with Gasteiger partial charge in [0.1, 0.15) is 0 Å². The Morgan fingerprint density at radius 2 is 2.13 bits per heavy atom. The predicted octanol–water partition coefficient (Wildman–Crippen LogP) is 3.33. The fourth-order valence-corrected chi connectivity index (χ4v) is 5.35. The van der Waals surface area contributed by atoms with Gasteiger partial charge in [0, 0.05) is 38.4 Å². The molecule has 2 N–H and O–H groups in total. The number of benzene rings is 1. The third-order valence-corrected chi connectivity index (χ3v) is 6.86. The summed E-state index contributed by atoms with van der Waals surface area (Å²) < 4.78 is 14.1. The van der Waals surface area contributed by atoms with E-state index in [4.69, 9.17) is 4.99 Å². The second-order valence-electron chi connectivity index (χ2n) is 8.70. The Hall–Kier alpha value is -2.63. The van der Waals surface area contributed by atoms with Crippen LogP contribution in [0.15, 0.2) is 47.6 Å². The highest BCUT2D eigenvalue weighted by Crippen LogP contribution is 2.59. The molecule has 0 radical (unpaired) electrons. The number of hydrogen-bond donors (Lipinski definition) is 2. The number of guanidine groups is 1. The number of hydrogen-bond acceptors (Lipinski definition) is 3. The quantitative estimate of drug-likeness (QED) is 0.590. The van der Waals surface area contributed by atoms with E-state index in [1.807, 2.05) is 4.90 Å². The van der Waals surface area contributed by atoms with Gasteiger partial charge in [-0.1, -0.05) is 24.3 Å². The van der Waals surface area contributed by atoms with Crippen LogP contribution in [-0.2, 0) is 6.42 Å². The van der Waals surface area contributed by atoms with Gasteiger partial charge in [0.25, 0.3) is 0 Å². The topological polar surface area (TPSA) is 52.6 Å². The Kier molecular flexibility index (Phi) is 5.32. The van der Waals surface area contributed by atoms with Crippen LogP contribution >= 0.6 is 0 Å². The number of rotatable bonds is 5. The maximum atomic E-state index is 14.1. The SMILES string of the molecule is CCNC(=NCC1C2CCc3ccccc3C21)NC1CCN(c2ncccc2F)C1. The predicted molar refractivity (Wildman–Crippen MR) is 118 cm³/mol. The van der Waals surface area contributed by atoms with Crippen molar-refractivity contribution in [3.63, 3.8) is 0 Å². The van der Waals surface area contributed by atoms with Crippen LogP contribution in [0.1, 0.15) is 36.8 Å². The van der Waals surface area contributed by atoms with Crippen molar-refractivity contribution < 1.29 is 4.39 Å². The first-order valence-corrected chi connectivity index (χ1v) is 11.2. The third kappa shape index (κ3) is 3.75. The molecule has 1 saturated heterocycles. The van der Waals surface area contributed by atoms with Crippen LogP contribution in [0, 0.1) is 17.7 Å². The minimum absolute atomic E-state index is 0.242. The summed E-state index contributed by atoms with van der Waals surface area (Å²) in [5.41, 5.74) is 3.08. The van der Waals surface area contributed by atoms with Crippen molar-refractivity contribution in [2.45, 2.75) is 38.1 Å². The molecule has 2 aromatic rings. The molecular formula is C24H30FN5. The molecule has 0 amide bonds. The number of nitrogens with one attached hydrogen (secondary N) is 2. The number of aromatic nitrogens is 1. The number of nitrogens with zero attached hydrogens (tertiary/aromatic N) is 3. The molecular weight excluding hydrogens is 377 g/mol. The number of anilines is 1. The fraction of sp³-hybridized carbons (Fsp3) is 0.500. The lowest BCUT2D eigenvalue weighted by Gasteiger charge is -2.20. The normalized spacial score (nSPS) is 27.4. The molecule has 0 bridgehead atoms. The van der Waals surface area contributed by atoms with E-state index in [2.05, 4.69) is 46.8 Å². The van der Waals surface area contributed by atoms with Gasteiger partial charge in [0.2, 0.25) is 0 Å². The van der Waals surface area contributed by atoms with Gasteiger partial charge in [-0.15, -0.1) is 0 Å². The molecule has 5 rings (SSSR count). The van der Waals surface area contributed by atoms with Gasteiger partial charge in [-0.2, -0.15) is 0 Å². The fourth-order valence-electron chi connectivity index (χ4n) is 5.35. The number of aryl methyl sites for hydroxylation is 1. The summed E-state index contributed by atoms with van der Waals surface area (Å²) in [6.45, 7) is 5.32. The molecule has 30 heavy (non-hydrogen) atoms. The molecule has 3 aliphatic rings. The molecule has 2 heterocycles. The zero-order chi connectivity index (χ0) is 20.5. The van der Waals surface area contributed by atoms with E-state index in [9.17, 15) is 4.39 Å². The van der Waals surface area contributed by atoms with E-state index in [0.29, 0.717) is 17.7 Å². The zero-order valence-electron chi connectivity index (χ0n) is 17.5. The first kappa shape index (κ1) is 19.3. The second kappa shape index (κ2) is 8.25. The highest BCUT2D eigenvalue weighted by atomic mass is 19.1. The van der Waals surface area contributed by atoms with Crippen LogP contribution in [0.3, 0.4) is 0 Å². The molecule has 4 atom stereocenters. The van der Waals surface area contributed by atoms with Gasteiger partial charge >= 0.3 is 0 Å². The number of pyridine rings is 1. The largest absolute Gasteiger partial charge is 0.357 e. The lowest BCUT2D eigenvalue weighted by Crippen LogP contribution is -2.44. The number of fused-ring (bicyclic) bond motifs is 3. The van der Waals surface area contributed by atoms with Crippen molar-refractivity contribution in [2.24, 2.45) is 16.8 Å². The maximum Gasteiger partial charge on any atom is 0.191 e. The average molecular weight is 408 g/mol. The van der Waals surface area contributed by atoms with E-state index in [-0.39, 0.29) is 11.9 Å². The van der Waals surface area contributed by atoms with Crippen molar-refractivity contribution >= 4 is 11.8 Å². The van der Waals surface area contributed by atoms with Crippen molar-refractivity contribution in [3.8, 4) is 0 Å². The molecule has 5 nitrogen and oxygen atoms in total. The summed E-state index contributed by atoms with van der Waals surface area (Å²) in [6, 6.07) is 12.3. The Labute approximate surface area is 177 Å². The first-order chi connectivity index (χ1) is 14.7. The lowest BCUT2D eigenvalue weighted by molar-refractivity contribution is 0.611. The van der Waals surface area contributed by atoms with E-state index >= 15 is 0 Å². The summed E-state index contributed by atoms with van der Waals surface area (Å²) in [4.78, 5) is 11.2. The molecule has 158 valence electrons. The lowest BCUT2D eigenvalue weighted by atomic mass is 9.92. The molecule has 2 fully saturated rings. The van der Waals surface area contributed by atoms with Crippen LogP contribution in [0.2, 0.25) is 0 Å². The third-order valence-electron chi connectivity index (χ3n) is 6.86. The average Bonchev–Trinajstić information content (AvgIpc) is 3.30. The van der Waals surface area contributed by atoms with Gasteiger partial charge in [0.15, 0.2) is 17.6 Å². The molecule has 1 aliphatic heterocycles. The van der Waals surface area contributed by atoms with Crippen molar-refractivity contribution in [2.75, 3.05) is 31.1 Å². The Morgan fingerprint density at radius 3 is 3.00 bits per heavy atom. The molecule has 1 aromatic carbocycles. The van der Waals surface area contributed by atoms with Crippen LogP contribution in [-0.4, -0.2) is 43.2 Å². The standard InChI is InChI=1S/C24H30FN5/c1-2-26-24(29-17-11-13-30(15-17)23-21(25)8-5-12-27-23)28-14-20-19-10-9-16-6-3-4-7-18(16)22(19)20/h3-8,12,17,19-20,22H,2,9-11,13-15H2,1H3,(H2,26,28,29). The van der Waals surface area contributed by atoms with Crippen molar-refractivity contribution in [1.29, 1.82) is 0 Å². The van der Waals surface area contributed by atoms with Crippen molar-refractivity contribution in [1.82, 2.24) is 15.6 Å². The van der Waals surface area contributed by atoms with E-state index in [1.165, 1.54) is 24.5 Å². The highest BCUT2D eigenvalue weighted by molar-refractivity contribution is 5.80. The molecule has 1 saturated carbocycles. The van der Waals surface area contributed by atoms with Crippen LogP contribution in [0.4, 0.5) is 10.2 Å². The summed E-state index contributed by atoms with van der Waals surface area (Å²) in [5, 5.41) is 6.96. The summed E-state index contributed by atoms with van der Waals surface area (Å²) in [6.07, 6.45) is 5.09. The van der Waals surface area contributed by atoms with Gasteiger partial charge in [-0.05, 0) is 67.2 Å². The monoisotopic (exact) mass is 407 g/mol.